The van der Waals surface area contributed by atoms with Gasteiger partial charge in [0.05, 0.1) is 29.4 Å². The minimum atomic E-state index is -0.376. The number of hydrogen-bond donors (Lipinski definition) is 2. The van der Waals surface area contributed by atoms with E-state index in [1.54, 1.807) is 0 Å². The summed E-state index contributed by atoms with van der Waals surface area (Å²) < 4.78 is 5.42. The van der Waals surface area contributed by atoms with E-state index in [-0.39, 0.29) is 11.6 Å². The van der Waals surface area contributed by atoms with Crippen molar-refractivity contribution in [2.24, 2.45) is 20.5 Å². The average Bonchev–Trinajstić information content (AvgIpc) is 3.05. The third-order valence-electron chi connectivity index (χ3n) is 7.83. The number of fused-ring (bicyclic) bond motifs is 1. The number of nitrogens with zero attached hydrogens (tertiary/aromatic N) is 4. The Kier molecular flexibility index (Phi) is 8.59. The number of nitrogens with one attached hydrogen (secondary N) is 2. The van der Waals surface area contributed by atoms with E-state index in [0.717, 1.165) is 81.4 Å². The number of azo groups is 2. The van der Waals surface area contributed by atoms with Crippen molar-refractivity contribution in [3.8, 4) is 0 Å². The van der Waals surface area contributed by atoms with Crippen molar-refractivity contribution in [2.75, 3.05) is 17.2 Å². The van der Waals surface area contributed by atoms with Gasteiger partial charge in [-0.25, -0.2) is 0 Å². The van der Waals surface area contributed by atoms with Gasteiger partial charge in [-0.1, -0.05) is 67.9 Å². The summed E-state index contributed by atoms with van der Waals surface area (Å²) in [5, 5.41) is 29.7. The quantitative estimate of drug-likeness (QED) is 0.0916. The number of benzene rings is 5. The molecule has 0 spiro atoms. The van der Waals surface area contributed by atoms with Gasteiger partial charge in [-0.05, 0) is 68.7 Å². The molecule has 1 atom stereocenters. The lowest BCUT2D eigenvalue weighted by molar-refractivity contribution is -0.143. The maximum Gasteiger partial charge on any atom is 0.305 e. The van der Waals surface area contributed by atoms with E-state index in [4.69, 9.17) is 15.0 Å². The van der Waals surface area contributed by atoms with Gasteiger partial charge in [0.15, 0.2) is 0 Å². The fourth-order valence-electron chi connectivity index (χ4n) is 5.60. The molecule has 8 nitrogen and oxygen atoms in total. The van der Waals surface area contributed by atoms with E-state index in [1.807, 2.05) is 78.9 Å². The Labute approximate surface area is 257 Å². The Morgan fingerprint density at radius 3 is 1.98 bits per heavy atom. The van der Waals surface area contributed by atoms with Gasteiger partial charge in [0, 0.05) is 39.3 Å². The molecule has 0 saturated carbocycles. The maximum absolute atomic E-state index is 11.9. The lowest BCUT2D eigenvalue weighted by Gasteiger charge is -2.39. The van der Waals surface area contributed by atoms with E-state index in [1.165, 1.54) is 0 Å². The largest absolute Gasteiger partial charge is 0.466 e. The summed E-state index contributed by atoms with van der Waals surface area (Å²) in [6.45, 7) is 4.63. The first-order valence-electron chi connectivity index (χ1n) is 15.2. The molecule has 6 rings (SSSR count). The van der Waals surface area contributed by atoms with Crippen LogP contribution in [-0.2, 0) is 9.53 Å². The molecule has 0 radical (unpaired) electrons. The SMILES string of the molecule is CCCCC(=O)OCCCC1(C)Nc2cccc3c(N=Nc4ccc(N=Nc5ccccc5)c5ccccc45)ccc(c23)N1. The van der Waals surface area contributed by atoms with Crippen LogP contribution in [0.25, 0.3) is 21.5 Å². The molecule has 5 aromatic rings. The predicted octanol–water partition coefficient (Wildman–Crippen LogP) is 10.9. The van der Waals surface area contributed by atoms with Gasteiger partial charge in [0.1, 0.15) is 5.66 Å². The minimum Gasteiger partial charge on any atom is -0.466 e. The predicted molar refractivity (Wildman–Crippen MR) is 178 cm³/mol. The van der Waals surface area contributed by atoms with Crippen LogP contribution in [0.3, 0.4) is 0 Å². The van der Waals surface area contributed by atoms with Crippen molar-refractivity contribution in [3.63, 3.8) is 0 Å². The number of anilines is 2. The number of hydrogen-bond acceptors (Lipinski definition) is 8. The van der Waals surface area contributed by atoms with Gasteiger partial charge in [-0.3, -0.25) is 4.79 Å². The second kappa shape index (κ2) is 13.0. The summed E-state index contributed by atoms with van der Waals surface area (Å²) in [4.78, 5) is 11.9. The van der Waals surface area contributed by atoms with Crippen LogP contribution in [-0.4, -0.2) is 18.2 Å². The summed E-state index contributed by atoms with van der Waals surface area (Å²) in [6, 6.07) is 31.9. The maximum atomic E-state index is 11.9. The number of carbonyl (C=O) groups is 1. The highest BCUT2D eigenvalue weighted by Crippen LogP contribution is 2.43. The summed E-state index contributed by atoms with van der Waals surface area (Å²) in [5.74, 6) is -0.115. The van der Waals surface area contributed by atoms with Crippen LogP contribution >= 0.6 is 0 Å². The molecule has 8 heteroatoms. The van der Waals surface area contributed by atoms with E-state index < -0.39 is 0 Å². The first-order chi connectivity index (χ1) is 21.5. The van der Waals surface area contributed by atoms with Crippen LogP contribution in [0.4, 0.5) is 34.1 Å². The molecule has 0 bridgehead atoms. The minimum absolute atomic E-state index is 0.115. The molecule has 5 aromatic carbocycles. The second-order valence-electron chi connectivity index (χ2n) is 11.3. The molecule has 1 aliphatic heterocycles. The third-order valence-corrected chi connectivity index (χ3v) is 7.83. The Balaban J connectivity index is 1.21. The van der Waals surface area contributed by atoms with Crippen molar-refractivity contribution in [2.45, 2.75) is 51.6 Å². The number of carbonyl (C=O) groups excluding carboxylic acids is 1. The van der Waals surface area contributed by atoms with Crippen LogP contribution in [0.1, 0.15) is 46.0 Å². The van der Waals surface area contributed by atoms with Crippen LogP contribution in [0.15, 0.2) is 118 Å². The van der Waals surface area contributed by atoms with E-state index in [2.05, 4.69) is 52.9 Å². The van der Waals surface area contributed by atoms with Gasteiger partial charge in [-0.15, -0.1) is 15.3 Å². The number of rotatable bonds is 11. The normalized spacial score (nSPS) is 16.0. The van der Waals surface area contributed by atoms with Crippen LogP contribution in [0.2, 0.25) is 0 Å². The average molecular weight is 585 g/mol. The third kappa shape index (κ3) is 6.44. The highest BCUT2D eigenvalue weighted by Gasteiger charge is 2.30. The Hall–Kier alpha value is -5.11. The monoisotopic (exact) mass is 584 g/mol. The van der Waals surface area contributed by atoms with Gasteiger partial charge < -0.3 is 15.4 Å². The number of esters is 1. The lowest BCUT2D eigenvalue weighted by atomic mass is 9.96. The summed E-state index contributed by atoms with van der Waals surface area (Å²) >= 11 is 0. The fourth-order valence-corrected chi connectivity index (χ4v) is 5.60. The first kappa shape index (κ1) is 29.0. The molecular weight excluding hydrogens is 548 g/mol. The molecule has 222 valence electrons. The summed E-state index contributed by atoms with van der Waals surface area (Å²) in [6.07, 6.45) is 3.89. The molecule has 0 amide bonds. The lowest BCUT2D eigenvalue weighted by Crippen LogP contribution is -2.45. The molecule has 44 heavy (non-hydrogen) atoms. The smallest absolute Gasteiger partial charge is 0.305 e. The van der Waals surface area contributed by atoms with Gasteiger partial charge in [0.2, 0.25) is 0 Å². The van der Waals surface area contributed by atoms with Gasteiger partial charge >= 0.3 is 5.97 Å². The summed E-state index contributed by atoms with van der Waals surface area (Å²) in [7, 11) is 0. The highest BCUT2D eigenvalue weighted by molar-refractivity contribution is 6.09. The Morgan fingerprint density at radius 2 is 1.27 bits per heavy atom. The van der Waals surface area contributed by atoms with Gasteiger partial charge in [0.25, 0.3) is 0 Å². The molecule has 1 aliphatic rings. The van der Waals surface area contributed by atoms with E-state index in [0.29, 0.717) is 13.0 Å². The van der Waals surface area contributed by atoms with E-state index >= 15 is 0 Å². The summed E-state index contributed by atoms with van der Waals surface area (Å²) in [5.41, 5.74) is 4.82. The second-order valence-corrected chi connectivity index (χ2v) is 11.3. The topological polar surface area (TPSA) is 99.8 Å². The number of ether oxygens (including phenoxy) is 1. The molecule has 0 fully saturated rings. The van der Waals surface area contributed by atoms with Crippen molar-refractivity contribution >= 4 is 61.6 Å². The Bertz CT molecular complexity index is 1840. The zero-order valence-corrected chi connectivity index (χ0v) is 25.1. The molecule has 0 saturated heterocycles. The zero-order valence-electron chi connectivity index (χ0n) is 25.1. The standard InChI is InChI=1S/C36H36N6O2/c1-3-4-18-34(43)44-24-11-23-36(2)37-32-17-10-16-28-31(21-22-33(38-36)35(28)32)42-41-30-20-19-29(26-14-8-9-15-27(26)30)40-39-25-12-6-5-7-13-25/h5-10,12-17,19-22,37-38H,3-4,11,18,23-24H2,1-2H3. The molecule has 2 N–H and O–H groups in total. The van der Waals surface area contributed by atoms with Gasteiger partial charge in [-0.2, -0.15) is 5.11 Å². The Morgan fingerprint density at radius 1 is 0.682 bits per heavy atom. The van der Waals surface area contributed by atoms with Crippen molar-refractivity contribution < 1.29 is 9.53 Å². The fraction of sp³-hybridized carbons (Fsp3) is 0.250. The molecule has 1 unspecified atom stereocenters. The van der Waals surface area contributed by atoms with Crippen molar-refractivity contribution in [1.29, 1.82) is 0 Å². The highest BCUT2D eigenvalue weighted by atomic mass is 16.5. The first-order valence-corrected chi connectivity index (χ1v) is 15.2. The van der Waals surface area contributed by atoms with Crippen LogP contribution in [0, 0.1) is 0 Å². The van der Waals surface area contributed by atoms with Crippen LogP contribution in [0.5, 0.6) is 0 Å². The number of unbranched alkanes of at least 4 members (excludes halogenated alkanes) is 1. The van der Waals surface area contributed by atoms with Crippen molar-refractivity contribution in [3.05, 3.63) is 97.1 Å². The molecular formula is C36H36N6O2. The van der Waals surface area contributed by atoms with Crippen LogP contribution < -0.4 is 10.6 Å². The molecule has 1 heterocycles. The zero-order chi connectivity index (χ0) is 30.4. The molecule has 0 aromatic heterocycles. The molecule has 0 aliphatic carbocycles. The van der Waals surface area contributed by atoms with E-state index in [9.17, 15) is 4.79 Å². The van der Waals surface area contributed by atoms with Crippen molar-refractivity contribution in [1.82, 2.24) is 0 Å².